The Kier molecular flexibility index (Phi) is 5.22. The molecule has 1 rings (SSSR count). The molecule has 20 heavy (non-hydrogen) atoms. The Balaban J connectivity index is 3.07. The molecule has 0 aliphatic carbocycles. The van der Waals surface area contributed by atoms with Crippen LogP contribution in [0.5, 0.6) is 0 Å². The van der Waals surface area contributed by atoms with Crippen LogP contribution >= 0.6 is 0 Å². The van der Waals surface area contributed by atoms with E-state index >= 15 is 0 Å². The monoisotopic (exact) mass is 305 g/mol. The summed E-state index contributed by atoms with van der Waals surface area (Å²) in [5, 5.41) is 3.74. The van der Waals surface area contributed by atoms with Crippen LogP contribution in [0.25, 0.3) is 0 Å². The van der Waals surface area contributed by atoms with Gasteiger partial charge in [-0.3, -0.25) is 14.3 Å². The highest BCUT2D eigenvalue weighted by Gasteiger charge is 2.30. The minimum atomic E-state index is -4.04. The van der Waals surface area contributed by atoms with Crippen molar-refractivity contribution in [3.63, 3.8) is 0 Å². The van der Waals surface area contributed by atoms with E-state index in [2.05, 4.69) is 14.6 Å². The maximum Gasteiger partial charge on any atom is 0.321 e. The molecule has 1 aromatic rings. The molecule has 1 aromatic heterocycles. The number of aryl methyl sites for hydroxylation is 1. The first-order chi connectivity index (χ1) is 9.31. The number of ether oxygens (including phenoxy) is 2. The second-order valence-electron chi connectivity index (χ2n) is 3.78. The zero-order valence-electron chi connectivity index (χ0n) is 11.3. The largest absolute Gasteiger partial charge is 0.468 e. The van der Waals surface area contributed by atoms with Gasteiger partial charge in [0.05, 0.1) is 20.4 Å². The molecule has 0 amide bonds. The maximum atomic E-state index is 12.3. The smallest absolute Gasteiger partial charge is 0.321 e. The van der Waals surface area contributed by atoms with Gasteiger partial charge >= 0.3 is 11.9 Å². The van der Waals surface area contributed by atoms with Crippen LogP contribution in [0.1, 0.15) is 0 Å². The number of aromatic nitrogens is 2. The number of hydrogen-bond donors (Lipinski definition) is 0. The first kappa shape index (κ1) is 16.1. The molecule has 0 aliphatic rings. The molecule has 0 radical (unpaired) electrons. The third-order valence-corrected chi connectivity index (χ3v) is 4.13. The number of carbonyl (C=O) groups excluding carboxylic acids is 2. The summed E-state index contributed by atoms with van der Waals surface area (Å²) < 4.78 is 35.4. The molecule has 0 unspecified atom stereocenters. The van der Waals surface area contributed by atoms with E-state index < -0.39 is 35.1 Å². The molecule has 9 nitrogen and oxygen atoms in total. The molecule has 10 heteroatoms. The van der Waals surface area contributed by atoms with Gasteiger partial charge in [0.2, 0.25) is 10.0 Å². The summed E-state index contributed by atoms with van der Waals surface area (Å²) >= 11 is 0. The Morgan fingerprint density at radius 3 is 2.10 bits per heavy atom. The predicted octanol–water partition coefficient (Wildman–Crippen LogP) is -1.24. The molecule has 0 aliphatic heterocycles. The van der Waals surface area contributed by atoms with E-state index in [1.165, 1.54) is 10.9 Å². The molecule has 1 heterocycles. The Bertz CT molecular complexity index is 576. The topological polar surface area (TPSA) is 108 Å². The number of methoxy groups -OCH3 is 2. The lowest BCUT2D eigenvalue weighted by Gasteiger charge is -2.18. The Morgan fingerprint density at radius 1 is 1.25 bits per heavy atom. The van der Waals surface area contributed by atoms with Gasteiger partial charge in [0.1, 0.15) is 18.0 Å². The Labute approximate surface area is 116 Å². The van der Waals surface area contributed by atoms with Crippen LogP contribution in [0.15, 0.2) is 17.3 Å². The van der Waals surface area contributed by atoms with Crippen LogP contribution in [0.4, 0.5) is 0 Å². The maximum absolute atomic E-state index is 12.3. The van der Waals surface area contributed by atoms with Crippen molar-refractivity contribution in [2.24, 2.45) is 7.05 Å². The molecule has 0 fully saturated rings. The highest BCUT2D eigenvalue weighted by molar-refractivity contribution is 7.89. The summed E-state index contributed by atoms with van der Waals surface area (Å²) in [5.74, 6) is -1.58. The van der Waals surface area contributed by atoms with E-state index in [0.717, 1.165) is 20.4 Å². The van der Waals surface area contributed by atoms with Gasteiger partial charge in [0.15, 0.2) is 0 Å². The fourth-order valence-corrected chi connectivity index (χ4v) is 2.64. The number of carbonyl (C=O) groups is 2. The average Bonchev–Trinajstić information content (AvgIpc) is 2.84. The molecule has 0 saturated carbocycles. The molecule has 0 N–H and O–H groups in total. The number of hydrogen-bond acceptors (Lipinski definition) is 7. The van der Waals surface area contributed by atoms with Gasteiger partial charge < -0.3 is 9.47 Å². The minimum absolute atomic E-state index is 0.132. The average molecular weight is 305 g/mol. The van der Waals surface area contributed by atoms with Crippen molar-refractivity contribution in [2.75, 3.05) is 27.3 Å². The van der Waals surface area contributed by atoms with E-state index in [1.807, 2.05) is 0 Å². The van der Waals surface area contributed by atoms with Crippen LogP contribution in [0, 0.1) is 0 Å². The first-order valence-corrected chi connectivity index (χ1v) is 6.87. The Hall–Kier alpha value is -1.94. The minimum Gasteiger partial charge on any atom is -0.468 e. The highest BCUT2D eigenvalue weighted by Crippen LogP contribution is 2.14. The zero-order chi connectivity index (χ0) is 15.3. The zero-order valence-corrected chi connectivity index (χ0v) is 12.1. The summed E-state index contributed by atoms with van der Waals surface area (Å²) in [4.78, 5) is 22.4. The summed E-state index contributed by atoms with van der Waals surface area (Å²) in [6.45, 7) is -1.19. The van der Waals surface area contributed by atoms with Gasteiger partial charge in [-0.1, -0.05) is 0 Å². The Morgan fingerprint density at radius 2 is 1.75 bits per heavy atom. The van der Waals surface area contributed by atoms with E-state index in [4.69, 9.17) is 0 Å². The van der Waals surface area contributed by atoms with Crippen LogP contribution in [-0.2, 0) is 36.1 Å². The van der Waals surface area contributed by atoms with Gasteiger partial charge in [-0.05, 0) is 0 Å². The van der Waals surface area contributed by atoms with E-state index in [-0.39, 0.29) is 4.90 Å². The number of esters is 2. The molecule has 0 bridgehead atoms. The molecule has 112 valence electrons. The fraction of sp³-hybridized carbons (Fsp3) is 0.500. The third kappa shape index (κ3) is 3.78. The van der Waals surface area contributed by atoms with Crippen LogP contribution in [0.3, 0.4) is 0 Å². The van der Waals surface area contributed by atoms with Crippen molar-refractivity contribution < 1.29 is 27.5 Å². The summed E-state index contributed by atoms with van der Waals surface area (Å²) in [5.41, 5.74) is 0. The van der Waals surface area contributed by atoms with Gasteiger partial charge in [0.25, 0.3) is 0 Å². The lowest BCUT2D eigenvalue weighted by Crippen LogP contribution is -2.40. The van der Waals surface area contributed by atoms with Crippen molar-refractivity contribution in [2.45, 2.75) is 4.90 Å². The second kappa shape index (κ2) is 6.48. The van der Waals surface area contributed by atoms with Crippen molar-refractivity contribution >= 4 is 22.0 Å². The van der Waals surface area contributed by atoms with Crippen LogP contribution in [-0.4, -0.2) is 61.8 Å². The molecule has 0 spiro atoms. The quantitative estimate of drug-likeness (QED) is 0.605. The molecular weight excluding hydrogens is 290 g/mol. The predicted molar refractivity (Wildman–Crippen MR) is 66.0 cm³/mol. The summed E-state index contributed by atoms with van der Waals surface area (Å²) in [6.07, 6.45) is 2.38. The molecular formula is C10H15N3O6S. The molecule has 0 atom stereocenters. The van der Waals surface area contributed by atoms with Crippen molar-refractivity contribution in [3.8, 4) is 0 Å². The number of rotatable bonds is 6. The third-order valence-electron chi connectivity index (χ3n) is 2.39. The van der Waals surface area contributed by atoms with Gasteiger partial charge in [0, 0.05) is 13.2 Å². The van der Waals surface area contributed by atoms with Gasteiger partial charge in [-0.15, -0.1) is 0 Å². The molecule has 0 aromatic carbocycles. The van der Waals surface area contributed by atoms with Crippen LogP contribution in [0.2, 0.25) is 0 Å². The van der Waals surface area contributed by atoms with Crippen molar-refractivity contribution in [1.29, 1.82) is 0 Å². The van der Waals surface area contributed by atoms with E-state index in [9.17, 15) is 18.0 Å². The summed E-state index contributed by atoms with van der Waals surface area (Å²) in [6, 6.07) is 0. The highest BCUT2D eigenvalue weighted by atomic mass is 32.2. The SMILES string of the molecule is COC(=O)CN(CC(=O)OC)S(=O)(=O)c1cnn(C)c1. The number of nitrogens with zero attached hydrogens (tertiary/aromatic N) is 3. The van der Waals surface area contributed by atoms with Crippen LogP contribution < -0.4 is 0 Å². The standard InChI is InChI=1S/C10H15N3O6S/c1-12-5-8(4-11-12)20(16,17)13(6-9(14)18-2)7-10(15)19-3/h4-5H,6-7H2,1-3H3. The number of sulfonamides is 1. The van der Waals surface area contributed by atoms with E-state index in [1.54, 1.807) is 7.05 Å². The lowest BCUT2D eigenvalue weighted by molar-refractivity contribution is -0.143. The normalized spacial score (nSPS) is 11.4. The fourth-order valence-electron chi connectivity index (χ4n) is 1.32. The summed E-state index contributed by atoms with van der Waals surface area (Å²) in [7, 11) is -0.256. The van der Waals surface area contributed by atoms with E-state index in [0.29, 0.717) is 4.31 Å². The van der Waals surface area contributed by atoms with Gasteiger partial charge in [-0.2, -0.15) is 9.40 Å². The second-order valence-corrected chi connectivity index (χ2v) is 5.71. The van der Waals surface area contributed by atoms with Crippen molar-refractivity contribution in [3.05, 3.63) is 12.4 Å². The molecule has 0 saturated heterocycles. The van der Waals surface area contributed by atoms with Crippen molar-refractivity contribution in [1.82, 2.24) is 14.1 Å². The first-order valence-electron chi connectivity index (χ1n) is 5.43. The van der Waals surface area contributed by atoms with Gasteiger partial charge in [-0.25, -0.2) is 8.42 Å². The lowest BCUT2D eigenvalue weighted by atomic mass is 10.6.